The van der Waals surface area contributed by atoms with Crippen LogP contribution in [0.25, 0.3) is 5.52 Å². The van der Waals surface area contributed by atoms with E-state index < -0.39 is 0 Å². The predicted octanol–water partition coefficient (Wildman–Crippen LogP) is 3.21. The van der Waals surface area contributed by atoms with Crippen molar-refractivity contribution in [3.8, 4) is 11.9 Å². The van der Waals surface area contributed by atoms with Crippen LogP contribution in [-0.4, -0.2) is 56.7 Å². The zero-order valence-electron chi connectivity index (χ0n) is 18.7. The zero-order chi connectivity index (χ0) is 24.1. The van der Waals surface area contributed by atoms with Gasteiger partial charge in [-0.1, -0.05) is 11.6 Å². The molecule has 0 radical (unpaired) electrons. The van der Waals surface area contributed by atoms with Crippen molar-refractivity contribution in [3.63, 3.8) is 0 Å². The number of fused-ring (bicyclic) bond motifs is 1. The van der Waals surface area contributed by atoms with Gasteiger partial charge in [0.05, 0.1) is 35.8 Å². The second kappa shape index (κ2) is 10.5. The molecule has 9 nitrogen and oxygen atoms in total. The molecule has 0 bridgehead atoms. The highest BCUT2D eigenvalue weighted by Gasteiger charge is 2.20. The Bertz CT molecular complexity index is 1260. The Morgan fingerprint density at radius 3 is 2.82 bits per heavy atom. The van der Waals surface area contributed by atoms with Crippen molar-refractivity contribution in [2.45, 2.75) is 32.2 Å². The summed E-state index contributed by atoms with van der Waals surface area (Å²) in [6, 6.07) is 4.90. The maximum absolute atomic E-state index is 13.1. The Labute approximate surface area is 201 Å². The monoisotopic (exact) mass is 482 g/mol. The lowest BCUT2D eigenvalue weighted by molar-refractivity contribution is 0.297. The Hall–Kier alpha value is -3.71. The predicted molar refractivity (Wildman–Crippen MR) is 128 cm³/mol. The molecule has 0 aromatic carbocycles. The lowest BCUT2D eigenvalue weighted by Crippen LogP contribution is -2.32. The molecule has 3 aromatic rings. The van der Waals surface area contributed by atoms with Crippen LogP contribution in [0.15, 0.2) is 46.9 Å². The van der Waals surface area contributed by atoms with Gasteiger partial charge in [0.25, 0.3) is 0 Å². The third kappa shape index (κ3) is 5.26. The molecule has 2 N–H and O–H groups in total. The molecule has 1 saturated heterocycles. The number of aromatic nitrogens is 3. The average molecular weight is 483 g/mol. The maximum Gasteiger partial charge on any atom is 0.179 e. The van der Waals surface area contributed by atoms with Crippen LogP contribution in [0.4, 0.5) is 4.39 Å². The molecular formula is C23H24ClFN8O. The summed E-state index contributed by atoms with van der Waals surface area (Å²) >= 11 is 6.35. The molecule has 34 heavy (non-hydrogen) atoms. The van der Waals surface area contributed by atoms with E-state index in [1.54, 1.807) is 21.7 Å². The van der Waals surface area contributed by atoms with Gasteiger partial charge < -0.3 is 15.5 Å². The molecule has 1 aliphatic heterocycles. The summed E-state index contributed by atoms with van der Waals surface area (Å²) in [4.78, 5) is 10.6. The lowest BCUT2D eigenvalue weighted by atomic mass is 10.0. The number of aliphatic imine (C=N–C) groups is 1. The third-order valence-electron chi connectivity index (χ3n) is 5.66. The van der Waals surface area contributed by atoms with Crippen LogP contribution >= 0.6 is 11.6 Å². The van der Waals surface area contributed by atoms with Crippen molar-refractivity contribution in [1.29, 1.82) is 5.26 Å². The van der Waals surface area contributed by atoms with Gasteiger partial charge in [-0.3, -0.25) is 9.98 Å². The molecule has 1 fully saturated rings. The summed E-state index contributed by atoms with van der Waals surface area (Å²) in [5.41, 5.74) is 3.22. The number of hydrogen-bond donors (Lipinski definition) is 1. The highest BCUT2D eigenvalue weighted by atomic mass is 35.5. The minimum absolute atomic E-state index is 0.100. The molecule has 0 saturated carbocycles. The van der Waals surface area contributed by atoms with Crippen molar-refractivity contribution >= 4 is 28.5 Å². The van der Waals surface area contributed by atoms with Crippen molar-refractivity contribution in [2.24, 2.45) is 15.9 Å². The first-order chi connectivity index (χ1) is 16.5. The van der Waals surface area contributed by atoms with Gasteiger partial charge in [-0.25, -0.2) is 8.91 Å². The SMILES string of the molecule is CC(=NC1CCN(C#N)CC1)/C(=N\N)c1cc(OCCc2ccc(F)cn2)c2c(Cl)cnn2c1. The van der Waals surface area contributed by atoms with Crippen LogP contribution in [0.1, 0.15) is 31.0 Å². The summed E-state index contributed by atoms with van der Waals surface area (Å²) in [5.74, 6) is 5.89. The molecule has 4 rings (SSSR count). The Morgan fingerprint density at radius 2 is 2.15 bits per heavy atom. The minimum atomic E-state index is -0.383. The zero-order valence-corrected chi connectivity index (χ0v) is 19.4. The number of pyridine rings is 2. The summed E-state index contributed by atoms with van der Waals surface area (Å²) in [7, 11) is 0. The largest absolute Gasteiger partial charge is 0.491 e. The number of ether oxygens (including phenoxy) is 1. The Kier molecular flexibility index (Phi) is 7.23. The number of nitrogens with two attached hydrogens (primary N) is 1. The number of nitrogens with zero attached hydrogens (tertiary/aromatic N) is 7. The first-order valence-corrected chi connectivity index (χ1v) is 11.2. The van der Waals surface area contributed by atoms with Gasteiger partial charge >= 0.3 is 0 Å². The first kappa shape index (κ1) is 23.4. The molecule has 11 heteroatoms. The van der Waals surface area contributed by atoms with E-state index in [4.69, 9.17) is 32.4 Å². The van der Waals surface area contributed by atoms with Crippen molar-refractivity contribution in [2.75, 3.05) is 19.7 Å². The molecule has 0 spiro atoms. The molecule has 1 aliphatic rings. The summed E-state index contributed by atoms with van der Waals surface area (Å²) in [6.45, 7) is 3.54. The highest BCUT2D eigenvalue weighted by molar-refractivity contribution is 6.47. The van der Waals surface area contributed by atoms with Gasteiger partial charge in [0.2, 0.25) is 0 Å². The first-order valence-electron chi connectivity index (χ1n) is 10.9. The number of halogens is 2. The van der Waals surface area contributed by atoms with Crippen LogP contribution in [0.5, 0.6) is 5.75 Å². The number of hydrogen-bond acceptors (Lipinski definition) is 8. The van der Waals surface area contributed by atoms with E-state index in [-0.39, 0.29) is 11.9 Å². The van der Waals surface area contributed by atoms with Crippen LogP contribution in [0.2, 0.25) is 5.02 Å². The van der Waals surface area contributed by atoms with Gasteiger partial charge in [0, 0.05) is 37.0 Å². The molecule has 0 amide bonds. The second-order valence-corrected chi connectivity index (χ2v) is 8.36. The van der Waals surface area contributed by atoms with Crippen molar-refractivity contribution in [1.82, 2.24) is 19.5 Å². The topological polar surface area (TPSA) is 117 Å². The fraction of sp³-hybridized carbons (Fsp3) is 0.348. The number of likely N-dealkylation sites (tertiary alicyclic amines) is 1. The maximum atomic E-state index is 13.1. The fourth-order valence-corrected chi connectivity index (χ4v) is 4.14. The molecule has 4 heterocycles. The summed E-state index contributed by atoms with van der Waals surface area (Å²) in [6.07, 6.45) is 8.75. The Balaban J connectivity index is 1.56. The van der Waals surface area contributed by atoms with Crippen LogP contribution < -0.4 is 10.6 Å². The van der Waals surface area contributed by atoms with E-state index in [2.05, 4.69) is 21.4 Å². The molecule has 3 aromatic heterocycles. The van der Waals surface area contributed by atoms with Gasteiger partial charge in [0.15, 0.2) is 6.19 Å². The molecule has 0 unspecified atom stereocenters. The smallest absolute Gasteiger partial charge is 0.179 e. The molecular weight excluding hydrogens is 459 g/mol. The molecule has 0 aliphatic carbocycles. The van der Waals surface area contributed by atoms with Crippen molar-refractivity contribution < 1.29 is 9.13 Å². The van der Waals surface area contributed by atoms with Crippen LogP contribution in [0.3, 0.4) is 0 Å². The average Bonchev–Trinajstić information content (AvgIpc) is 3.22. The van der Waals surface area contributed by atoms with E-state index in [1.165, 1.54) is 18.5 Å². The van der Waals surface area contributed by atoms with E-state index in [0.29, 0.717) is 65.1 Å². The highest BCUT2D eigenvalue weighted by Crippen LogP contribution is 2.29. The van der Waals surface area contributed by atoms with Gasteiger partial charge in [-0.05, 0) is 38.0 Å². The molecule has 176 valence electrons. The lowest BCUT2D eigenvalue weighted by Gasteiger charge is -2.26. The van der Waals surface area contributed by atoms with E-state index in [0.717, 1.165) is 12.8 Å². The number of nitriles is 1. The summed E-state index contributed by atoms with van der Waals surface area (Å²) in [5, 5.41) is 17.8. The van der Waals surface area contributed by atoms with Crippen molar-refractivity contribution in [3.05, 3.63) is 58.9 Å². The number of hydrazone groups is 1. The van der Waals surface area contributed by atoms with Gasteiger partial charge in [-0.15, -0.1) is 0 Å². The van der Waals surface area contributed by atoms with Crippen LogP contribution in [-0.2, 0) is 6.42 Å². The van der Waals surface area contributed by atoms with Gasteiger partial charge in [-0.2, -0.15) is 15.5 Å². The van der Waals surface area contributed by atoms with E-state index >= 15 is 0 Å². The number of rotatable bonds is 7. The third-order valence-corrected chi connectivity index (χ3v) is 5.94. The quantitative estimate of drug-likeness (QED) is 0.239. The van der Waals surface area contributed by atoms with Gasteiger partial charge in [0.1, 0.15) is 22.8 Å². The minimum Gasteiger partial charge on any atom is -0.491 e. The standard InChI is InChI=1S/C23H24ClFN8O/c1-15(30-19-4-7-32(14-26)8-5-19)22(31-27)16-10-21(23-20(24)12-29-33(23)13-16)34-9-6-18-3-2-17(25)11-28-18/h2-3,10-13,19H,4-9,27H2,1H3/b30-15?,31-22+. The fourth-order valence-electron chi connectivity index (χ4n) is 3.91. The molecule has 0 atom stereocenters. The van der Waals surface area contributed by atoms with E-state index in [1.807, 2.05) is 13.0 Å². The second-order valence-electron chi connectivity index (χ2n) is 7.96. The summed E-state index contributed by atoms with van der Waals surface area (Å²) < 4.78 is 20.7. The normalized spacial score (nSPS) is 15.5. The van der Waals surface area contributed by atoms with E-state index in [9.17, 15) is 4.39 Å². The Morgan fingerprint density at radius 1 is 1.35 bits per heavy atom. The van der Waals surface area contributed by atoms with Crippen LogP contribution in [0, 0.1) is 17.3 Å². The number of piperidine rings is 1.